The van der Waals surface area contributed by atoms with Crippen LogP contribution in [0.4, 0.5) is 13.2 Å². The van der Waals surface area contributed by atoms with Crippen LogP contribution in [0.1, 0.15) is 43.2 Å². The average Bonchev–Trinajstić information content (AvgIpc) is 2.60. The summed E-state index contributed by atoms with van der Waals surface area (Å²) in [7, 11) is 0. The third-order valence-corrected chi connectivity index (χ3v) is 4.56. The number of benzene rings is 1. The van der Waals surface area contributed by atoms with Crippen LogP contribution in [-0.2, 0) is 25.2 Å². The SMILES string of the molecule is CCOC(=O)C1=C(N)OC2=C(C(=O)CCC2)[C@@H]1c1ccccc1C(F)(F)F. The summed E-state index contributed by atoms with van der Waals surface area (Å²) in [6.07, 6.45) is -3.62. The molecular weight excluding hydrogens is 363 g/mol. The normalized spacial score (nSPS) is 20.3. The highest BCUT2D eigenvalue weighted by Crippen LogP contribution is 2.47. The minimum Gasteiger partial charge on any atom is -0.462 e. The summed E-state index contributed by atoms with van der Waals surface area (Å²) in [6, 6.07) is 4.84. The van der Waals surface area contributed by atoms with Crippen LogP contribution >= 0.6 is 0 Å². The first-order valence-electron chi connectivity index (χ1n) is 8.52. The van der Waals surface area contributed by atoms with Crippen molar-refractivity contribution >= 4 is 11.8 Å². The van der Waals surface area contributed by atoms with E-state index in [2.05, 4.69) is 0 Å². The summed E-state index contributed by atoms with van der Waals surface area (Å²) in [5.41, 5.74) is 4.50. The molecule has 8 heteroatoms. The molecule has 3 rings (SSSR count). The van der Waals surface area contributed by atoms with E-state index in [9.17, 15) is 22.8 Å². The third-order valence-electron chi connectivity index (χ3n) is 4.56. The number of rotatable bonds is 3. The van der Waals surface area contributed by atoms with E-state index in [0.717, 1.165) is 6.07 Å². The molecule has 0 aromatic heterocycles. The van der Waals surface area contributed by atoms with Gasteiger partial charge in [0.15, 0.2) is 5.78 Å². The zero-order chi connectivity index (χ0) is 19.8. The molecule has 0 spiro atoms. The van der Waals surface area contributed by atoms with Gasteiger partial charge in [-0.25, -0.2) is 4.79 Å². The molecule has 2 N–H and O–H groups in total. The van der Waals surface area contributed by atoms with Gasteiger partial charge in [-0.1, -0.05) is 18.2 Å². The van der Waals surface area contributed by atoms with Crippen molar-refractivity contribution in [3.63, 3.8) is 0 Å². The molecule has 1 aliphatic carbocycles. The molecular formula is C19H18F3NO4. The maximum Gasteiger partial charge on any atom is 0.416 e. The van der Waals surface area contributed by atoms with Crippen molar-refractivity contribution in [1.82, 2.24) is 0 Å². The summed E-state index contributed by atoms with van der Waals surface area (Å²) in [6.45, 7) is 1.57. The molecule has 1 aromatic rings. The fourth-order valence-corrected chi connectivity index (χ4v) is 3.48. The van der Waals surface area contributed by atoms with Gasteiger partial charge in [-0.3, -0.25) is 4.79 Å². The Morgan fingerprint density at radius 1 is 1.30 bits per heavy atom. The zero-order valence-corrected chi connectivity index (χ0v) is 14.6. The van der Waals surface area contributed by atoms with Gasteiger partial charge in [-0.15, -0.1) is 0 Å². The van der Waals surface area contributed by atoms with Gasteiger partial charge in [0.2, 0.25) is 5.88 Å². The lowest BCUT2D eigenvalue weighted by molar-refractivity contribution is -0.141. The lowest BCUT2D eigenvalue weighted by Gasteiger charge is -2.33. The maximum absolute atomic E-state index is 13.6. The molecule has 1 aliphatic heterocycles. The Morgan fingerprint density at radius 3 is 2.67 bits per heavy atom. The van der Waals surface area contributed by atoms with Crippen molar-refractivity contribution in [1.29, 1.82) is 0 Å². The summed E-state index contributed by atoms with van der Waals surface area (Å²) in [5, 5.41) is 0. The number of allylic oxidation sites excluding steroid dienone is 2. The standard InChI is InChI=1S/C19H18F3NO4/c1-2-26-18(25)16-14(10-6-3-4-7-11(10)19(20,21)22)15-12(24)8-5-9-13(15)27-17(16)23/h3-4,6-7,14H,2,5,8-9,23H2,1H3/t14-/m0/s1. The van der Waals surface area contributed by atoms with Gasteiger partial charge in [-0.05, 0) is 25.0 Å². The number of carbonyl (C=O) groups is 2. The Hall–Kier alpha value is -2.77. The van der Waals surface area contributed by atoms with E-state index in [1.807, 2.05) is 0 Å². The van der Waals surface area contributed by atoms with Crippen molar-refractivity contribution in [2.45, 2.75) is 38.3 Å². The molecule has 0 saturated heterocycles. The smallest absolute Gasteiger partial charge is 0.416 e. The molecule has 1 heterocycles. The Balaban J connectivity index is 2.26. The number of ether oxygens (including phenoxy) is 2. The van der Waals surface area contributed by atoms with Gasteiger partial charge in [0, 0.05) is 18.4 Å². The molecule has 0 fully saturated rings. The molecule has 0 unspecified atom stereocenters. The minimum absolute atomic E-state index is 0.00308. The van der Waals surface area contributed by atoms with Crippen LogP contribution in [0, 0.1) is 0 Å². The number of hydrogen-bond donors (Lipinski definition) is 1. The first-order valence-corrected chi connectivity index (χ1v) is 8.52. The number of esters is 1. The highest BCUT2D eigenvalue weighted by Gasteiger charge is 2.45. The molecule has 0 amide bonds. The van der Waals surface area contributed by atoms with E-state index in [1.165, 1.54) is 18.2 Å². The minimum atomic E-state index is -4.66. The molecule has 1 aromatic carbocycles. The van der Waals surface area contributed by atoms with Crippen molar-refractivity contribution in [3.05, 3.63) is 58.2 Å². The van der Waals surface area contributed by atoms with E-state index in [0.29, 0.717) is 12.8 Å². The molecule has 1 atom stereocenters. The molecule has 5 nitrogen and oxygen atoms in total. The second kappa shape index (κ2) is 7.09. The lowest BCUT2D eigenvalue weighted by atomic mass is 9.76. The molecule has 2 aliphatic rings. The van der Waals surface area contributed by atoms with Gasteiger partial charge < -0.3 is 15.2 Å². The van der Waals surface area contributed by atoms with E-state index in [4.69, 9.17) is 15.2 Å². The van der Waals surface area contributed by atoms with E-state index in [1.54, 1.807) is 6.92 Å². The van der Waals surface area contributed by atoms with Gasteiger partial charge in [0.05, 0.1) is 18.1 Å². The molecule has 144 valence electrons. The second-order valence-electron chi connectivity index (χ2n) is 6.23. The van der Waals surface area contributed by atoms with Crippen LogP contribution < -0.4 is 5.73 Å². The number of carbonyl (C=O) groups excluding carboxylic acids is 2. The first-order chi connectivity index (χ1) is 12.8. The van der Waals surface area contributed by atoms with Crippen molar-refractivity contribution in [2.75, 3.05) is 6.61 Å². The monoisotopic (exact) mass is 381 g/mol. The largest absolute Gasteiger partial charge is 0.462 e. The van der Waals surface area contributed by atoms with Gasteiger partial charge in [0.1, 0.15) is 11.3 Å². The predicted molar refractivity (Wildman–Crippen MR) is 89.0 cm³/mol. The number of hydrogen-bond acceptors (Lipinski definition) is 5. The number of alkyl halides is 3. The summed E-state index contributed by atoms with van der Waals surface area (Å²) >= 11 is 0. The summed E-state index contributed by atoms with van der Waals surface area (Å²) in [5.74, 6) is -2.64. The Morgan fingerprint density at radius 2 is 2.00 bits per heavy atom. The average molecular weight is 381 g/mol. The molecule has 0 bridgehead atoms. The van der Waals surface area contributed by atoms with Gasteiger partial charge >= 0.3 is 12.1 Å². The van der Waals surface area contributed by atoms with E-state index in [-0.39, 0.29) is 47.2 Å². The van der Waals surface area contributed by atoms with Crippen LogP contribution in [0.15, 0.2) is 47.1 Å². The van der Waals surface area contributed by atoms with Crippen molar-refractivity contribution in [2.24, 2.45) is 5.73 Å². The third kappa shape index (κ3) is 3.43. The van der Waals surface area contributed by atoms with E-state index >= 15 is 0 Å². The Kier molecular flexibility index (Phi) is 4.99. The number of nitrogens with two attached hydrogens (primary N) is 1. The number of ketones is 1. The second-order valence-corrected chi connectivity index (χ2v) is 6.23. The van der Waals surface area contributed by atoms with Crippen LogP contribution in [0.2, 0.25) is 0 Å². The number of halogens is 3. The summed E-state index contributed by atoms with van der Waals surface area (Å²) in [4.78, 5) is 25.1. The van der Waals surface area contributed by atoms with Gasteiger partial charge in [-0.2, -0.15) is 13.2 Å². The highest BCUT2D eigenvalue weighted by molar-refractivity contribution is 6.03. The number of Topliss-reactive ketones (excluding diaryl/α,β-unsaturated/α-hetero) is 1. The quantitative estimate of drug-likeness (QED) is 0.810. The zero-order valence-electron chi connectivity index (χ0n) is 14.6. The van der Waals surface area contributed by atoms with Gasteiger partial charge in [0.25, 0.3) is 0 Å². The van der Waals surface area contributed by atoms with E-state index < -0.39 is 23.6 Å². The van der Waals surface area contributed by atoms with Crippen LogP contribution in [0.5, 0.6) is 0 Å². The topological polar surface area (TPSA) is 78.6 Å². The highest BCUT2D eigenvalue weighted by atomic mass is 19.4. The Bertz CT molecular complexity index is 855. The molecule has 27 heavy (non-hydrogen) atoms. The van der Waals surface area contributed by atoms with Crippen LogP contribution in [0.25, 0.3) is 0 Å². The van der Waals surface area contributed by atoms with Crippen molar-refractivity contribution < 1.29 is 32.2 Å². The first kappa shape index (κ1) is 19.0. The summed E-state index contributed by atoms with van der Waals surface area (Å²) < 4.78 is 51.2. The Labute approximate surface area is 153 Å². The molecule has 0 saturated carbocycles. The fraction of sp³-hybridized carbons (Fsp3) is 0.368. The fourth-order valence-electron chi connectivity index (χ4n) is 3.48. The van der Waals surface area contributed by atoms with Crippen LogP contribution in [-0.4, -0.2) is 18.4 Å². The van der Waals surface area contributed by atoms with Crippen molar-refractivity contribution in [3.8, 4) is 0 Å². The maximum atomic E-state index is 13.6. The predicted octanol–water partition coefficient (Wildman–Crippen LogP) is 3.56. The molecule has 0 radical (unpaired) electrons. The van der Waals surface area contributed by atoms with Crippen LogP contribution in [0.3, 0.4) is 0 Å². The lowest BCUT2D eigenvalue weighted by Crippen LogP contribution is -2.32.